The lowest BCUT2D eigenvalue weighted by atomic mass is 10.1. The van der Waals surface area contributed by atoms with Gasteiger partial charge in [0.15, 0.2) is 11.5 Å². The Balaban J connectivity index is 1.80. The molecular weight excluding hydrogens is 326 g/mol. The number of hydrogen-bond donors (Lipinski definition) is 1. The lowest BCUT2D eigenvalue weighted by Gasteiger charge is -2.02. The van der Waals surface area contributed by atoms with Gasteiger partial charge in [0.25, 0.3) is 0 Å². The number of nitrogens with one attached hydrogen (secondary N) is 1. The molecule has 0 unspecified atom stereocenters. The van der Waals surface area contributed by atoms with Crippen molar-refractivity contribution in [3.05, 3.63) is 52.3 Å². The number of H-pyrrole nitrogens is 1. The van der Waals surface area contributed by atoms with Gasteiger partial charge in [-0.05, 0) is 42.3 Å². The van der Waals surface area contributed by atoms with E-state index in [1.54, 1.807) is 18.2 Å². The molecule has 0 aliphatic carbocycles. The monoisotopic (exact) mass is 337 g/mol. The van der Waals surface area contributed by atoms with Gasteiger partial charge in [0.1, 0.15) is 11.9 Å². The average molecular weight is 338 g/mol. The number of aromatic amines is 1. The number of aromatic nitrogens is 2. The van der Waals surface area contributed by atoms with Crippen molar-refractivity contribution in [2.75, 3.05) is 6.79 Å². The Morgan fingerprint density at radius 1 is 1.29 bits per heavy atom. The molecule has 5 nitrogen and oxygen atoms in total. The van der Waals surface area contributed by atoms with Crippen LogP contribution in [0.1, 0.15) is 17.0 Å². The summed E-state index contributed by atoms with van der Waals surface area (Å²) in [5.41, 5.74) is 3.90. The number of fused-ring (bicyclic) bond motifs is 2. The summed E-state index contributed by atoms with van der Waals surface area (Å²) in [6.07, 6.45) is 1.69. The molecule has 0 radical (unpaired) electrons. The molecule has 0 amide bonds. The third-order valence-electron chi connectivity index (χ3n) is 3.80. The van der Waals surface area contributed by atoms with Gasteiger partial charge >= 0.3 is 0 Å². The Kier molecular flexibility index (Phi) is 3.40. The summed E-state index contributed by atoms with van der Waals surface area (Å²) in [7, 11) is 0. The van der Waals surface area contributed by atoms with Crippen molar-refractivity contribution in [2.24, 2.45) is 0 Å². The molecule has 1 aliphatic heterocycles. The Hall–Kier alpha value is -2.97. The van der Waals surface area contributed by atoms with E-state index >= 15 is 0 Å². The molecule has 4 rings (SSSR count). The molecule has 1 N–H and O–H groups in total. The van der Waals surface area contributed by atoms with Crippen molar-refractivity contribution in [3.8, 4) is 17.6 Å². The zero-order valence-corrected chi connectivity index (χ0v) is 13.5. The highest BCUT2D eigenvalue weighted by Gasteiger charge is 2.17. The zero-order chi connectivity index (χ0) is 16.7. The molecule has 2 aromatic carbocycles. The fourth-order valence-corrected chi connectivity index (χ4v) is 2.81. The second-order valence-electron chi connectivity index (χ2n) is 5.50. The van der Waals surface area contributed by atoms with Gasteiger partial charge in [0.2, 0.25) is 6.79 Å². The minimum atomic E-state index is 0.173. The number of hydrogen-bond acceptors (Lipinski definition) is 4. The summed E-state index contributed by atoms with van der Waals surface area (Å²) in [5.74, 6) is 1.73. The maximum Gasteiger partial charge on any atom is 0.231 e. The number of benzene rings is 2. The summed E-state index contributed by atoms with van der Waals surface area (Å²) < 4.78 is 10.7. The second kappa shape index (κ2) is 5.59. The minimum Gasteiger partial charge on any atom is -0.454 e. The first kappa shape index (κ1) is 14.6. The summed E-state index contributed by atoms with van der Waals surface area (Å²) in [6, 6.07) is 11.5. The standard InChI is InChI=1S/C18H12ClN3O2/c1-10-2-3-14-15(4-10)22-18(21-14)12(8-20)5-11-6-16-17(7-13(11)19)24-9-23-16/h2-7H,9H2,1H3,(H,21,22)/b12-5+. The van der Waals surface area contributed by atoms with Crippen LogP contribution < -0.4 is 9.47 Å². The van der Waals surface area contributed by atoms with Crippen LogP contribution >= 0.6 is 11.6 Å². The number of nitriles is 1. The number of allylic oxidation sites excluding steroid dienone is 1. The van der Waals surface area contributed by atoms with Gasteiger partial charge in [0, 0.05) is 6.07 Å². The maximum atomic E-state index is 9.53. The fraction of sp³-hybridized carbons (Fsp3) is 0.111. The zero-order valence-electron chi connectivity index (χ0n) is 12.8. The summed E-state index contributed by atoms with van der Waals surface area (Å²) in [5, 5.41) is 10.0. The molecule has 118 valence electrons. The predicted molar refractivity (Wildman–Crippen MR) is 91.9 cm³/mol. The molecule has 6 heteroatoms. The summed E-state index contributed by atoms with van der Waals surface area (Å²) in [6.45, 7) is 2.18. The van der Waals surface area contributed by atoms with E-state index in [-0.39, 0.29) is 6.79 Å². The van der Waals surface area contributed by atoms with E-state index in [1.807, 2.05) is 25.1 Å². The molecular formula is C18H12ClN3O2. The van der Waals surface area contributed by atoms with Crippen molar-refractivity contribution >= 4 is 34.3 Å². The minimum absolute atomic E-state index is 0.173. The molecule has 0 saturated carbocycles. The molecule has 3 aromatic rings. The summed E-state index contributed by atoms with van der Waals surface area (Å²) in [4.78, 5) is 7.66. The Labute approximate surface area is 143 Å². The Morgan fingerprint density at radius 2 is 2.08 bits per heavy atom. The van der Waals surface area contributed by atoms with E-state index in [0.717, 1.165) is 16.6 Å². The van der Waals surface area contributed by atoms with E-state index in [2.05, 4.69) is 16.0 Å². The van der Waals surface area contributed by atoms with Crippen LogP contribution in [0.5, 0.6) is 11.5 Å². The van der Waals surface area contributed by atoms with E-state index in [1.165, 1.54) is 0 Å². The number of nitrogens with zero attached hydrogens (tertiary/aromatic N) is 2. The fourth-order valence-electron chi connectivity index (χ4n) is 2.60. The van der Waals surface area contributed by atoms with Gasteiger partial charge in [-0.3, -0.25) is 0 Å². The Morgan fingerprint density at radius 3 is 2.88 bits per heavy atom. The van der Waals surface area contributed by atoms with Crippen molar-refractivity contribution in [1.82, 2.24) is 9.97 Å². The van der Waals surface area contributed by atoms with Crippen LogP contribution in [0.15, 0.2) is 30.3 Å². The van der Waals surface area contributed by atoms with E-state index < -0.39 is 0 Å². The van der Waals surface area contributed by atoms with Crippen LogP contribution in [0, 0.1) is 18.3 Å². The Bertz CT molecular complexity index is 1030. The van der Waals surface area contributed by atoms with Crippen LogP contribution in [0.2, 0.25) is 5.02 Å². The predicted octanol–water partition coefficient (Wildman–Crippen LogP) is 4.32. The highest BCUT2D eigenvalue weighted by molar-refractivity contribution is 6.32. The summed E-state index contributed by atoms with van der Waals surface area (Å²) >= 11 is 6.28. The number of halogens is 1. The van der Waals surface area contributed by atoms with Gasteiger partial charge in [-0.1, -0.05) is 17.7 Å². The van der Waals surface area contributed by atoms with Gasteiger partial charge in [-0.15, -0.1) is 0 Å². The molecule has 0 fully saturated rings. The van der Waals surface area contributed by atoms with Gasteiger partial charge < -0.3 is 14.5 Å². The average Bonchev–Trinajstić information content (AvgIpc) is 3.17. The van der Waals surface area contributed by atoms with Crippen LogP contribution in [0.3, 0.4) is 0 Å². The van der Waals surface area contributed by atoms with Gasteiger partial charge in [-0.2, -0.15) is 5.26 Å². The first-order valence-electron chi connectivity index (χ1n) is 7.32. The van der Waals surface area contributed by atoms with E-state index in [9.17, 15) is 5.26 Å². The molecule has 1 aromatic heterocycles. The SMILES string of the molecule is Cc1ccc2nc(/C(C#N)=C/c3cc4c(cc3Cl)OCO4)[nH]c2c1. The normalized spacial score (nSPS) is 13.3. The number of rotatable bonds is 2. The molecule has 0 atom stereocenters. The largest absolute Gasteiger partial charge is 0.454 e. The van der Waals surface area contributed by atoms with E-state index in [4.69, 9.17) is 21.1 Å². The third-order valence-corrected chi connectivity index (χ3v) is 4.13. The van der Waals surface area contributed by atoms with Crippen molar-refractivity contribution < 1.29 is 9.47 Å². The highest BCUT2D eigenvalue weighted by Crippen LogP contribution is 2.38. The number of ether oxygens (including phenoxy) is 2. The second-order valence-corrected chi connectivity index (χ2v) is 5.91. The molecule has 1 aliphatic rings. The molecule has 0 bridgehead atoms. The first-order valence-corrected chi connectivity index (χ1v) is 7.69. The molecule has 2 heterocycles. The maximum absolute atomic E-state index is 9.53. The van der Waals surface area contributed by atoms with Gasteiger partial charge in [-0.25, -0.2) is 4.98 Å². The molecule has 24 heavy (non-hydrogen) atoms. The van der Waals surface area contributed by atoms with Crippen LogP contribution in [0.4, 0.5) is 0 Å². The first-order chi connectivity index (χ1) is 11.6. The smallest absolute Gasteiger partial charge is 0.231 e. The van der Waals surface area contributed by atoms with Crippen molar-refractivity contribution in [1.29, 1.82) is 5.26 Å². The lowest BCUT2D eigenvalue weighted by Crippen LogP contribution is -1.92. The van der Waals surface area contributed by atoms with Gasteiger partial charge in [0.05, 0.1) is 21.6 Å². The van der Waals surface area contributed by atoms with Crippen molar-refractivity contribution in [3.63, 3.8) is 0 Å². The number of aryl methyl sites for hydroxylation is 1. The topological polar surface area (TPSA) is 70.9 Å². The van der Waals surface area contributed by atoms with Crippen molar-refractivity contribution in [2.45, 2.75) is 6.92 Å². The lowest BCUT2D eigenvalue weighted by molar-refractivity contribution is 0.174. The quantitative estimate of drug-likeness (QED) is 0.707. The highest BCUT2D eigenvalue weighted by atomic mass is 35.5. The van der Waals surface area contributed by atoms with E-state index in [0.29, 0.717) is 33.5 Å². The van der Waals surface area contributed by atoms with Crippen LogP contribution in [-0.4, -0.2) is 16.8 Å². The third kappa shape index (κ3) is 2.47. The molecule has 0 saturated heterocycles. The molecule has 0 spiro atoms. The van der Waals surface area contributed by atoms with Crippen LogP contribution in [-0.2, 0) is 0 Å². The van der Waals surface area contributed by atoms with Crippen LogP contribution in [0.25, 0.3) is 22.7 Å². The number of imidazole rings is 1.